The minimum Gasteiger partial charge on any atom is -0.312 e. The second-order valence-corrected chi connectivity index (χ2v) is 6.46. The van der Waals surface area contributed by atoms with Crippen LogP contribution in [0.4, 0.5) is 0 Å². The molecule has 1 aliphatic heterocycles. The van der Waals surface area contributed by atoms with Crippen molar-refractivity contribution in [3.63, 3.8) is 0 Å². The van der Waals surface area contributed by atoms with Gasteiger partial charge in [0.25, 0.3) is 5.91 Å². The molecule has 124 valence electrons. The number of amides is 1. The molecule has 25 heavy (non-hydrogen) atoms. The third-order valence-corrected chi connectivity index (χ3v) is 4.87. The van der Waals surface area contributed by atoms with Crippen molar-refractivity contribution in [2.75, 3.05) is 6.54 Å². The molecule has 4 heteroatoms. The zero-order valence-corrected chi connectivity index (χ0v) is 14.4. The zero-order chi connectivity index (χ0) is 17.2. The first kappa shape index (κ1) is 15.9. The van der Waals surface area contributed by atoms with Crippen LogP contribution in [0, 0.1) is 0 Å². The molecule has 1 aromatic heterocycles. The second-order valence-electron chi connectivity index (χ2n) is 6.10. The number of hydrogen-bond acceptors (Lipinski definition) is 2. The number of hydrogen-bond donors (Lipinski definition) is 0. The van der Waals surface area contributed by atoms with Crippen LogP contribution in [-0.4, -0.2) is 22.3 Å². The molecule has 2 heterocycles. The van der Waals surface area contributed by atoms with Gasteiger partial charge >= 0.3 is 0 Å². The summed E-state index contributed by atoms with van der Waals surface area (Å²) in [6.07, 6.45) is 5.33. The highest BCUT2D eigenvalue weighted by Gasteiger charge is 2.25. The number of nitrogens with zero attached hydrogens (tertiary/aromatic N) is 2. The lowest BCUT2D eigenvalue weighted by molar-refractivity contribution is 0.0816. The van der Waals surface area contributed by atoms with Crippen molar-refractivity contribution in [1.29, 1.82) is 0 Å². The van der Waals surface area contributed by atoms with Gasteiger partial charge in [0.1, 0.15) is 5.15 Å². The van der Waals surface area contributed by atoms with Crippen LogP contribution in [0.15, 0.2) is 72.6 Å². The average molecular weight is 349 g/mol. The Hall–Kier alpha value is -2.65. The minimum absolute atomic E-state index is 0.0814. The fourth-order valence-electron chi connectivity index (χ4n) is 3.35. The van der Waals surface area contributed by atoms with Gasteiger partial charge in [-0.15, -0.1) is 0 Å². The molecule has 0 radical (unpaired) electrons. The van der Waals surface area contributed by atoms with E-state index in [1.54, 1.807) is 18.3 Å². The number of benzene rings is 2. The third-order valence-electron chi connectivity index (χ3n) is 4.57. The van der Waals surface area contributed by atoms with Gasteiger partial charge in [0, 0.05) is 24.9 Å². The molecule has 0 aliphatic carbocycles. The van der Waals surface area contributed by atoms with Crippen LogP contribution in [0.25, 0.3) is 10.8 Å². The smallest absolute Gasteiger partial charge is 0.261 e. The van der Waals surface area contributed by atoms with Gasteiger partial charge in [-0.25, -0.2) is 4.98 Å². The van der Waals surface area contributed by atoms with Gasteiger partial charge < -0.3 is 4.90 Å². The van der Waals surface area contributed by atoms with Crippen molar-refractivity contribution in [1.82, 2.24) is 9.88 Å². The summed E-state index contributed by atoms with van der Waals surface area (Å²) < 4.78 is 0. The van der Waals surface area contributed by atoms with Crippen LogP contribution in [0.2, 0.25) is 5.15 Å². The van der Waals surface area contributed by atoms with Gasteiger partial charge in [-0.1, -0.05) is 60.1 Å². The van der Waals surface area contributed by atoms with E-state index in [4.69, 9.17) is 11.6 Å². The van der Waals surface area contributed by atoms with Crippen molar-refractivity contribution in [2.24, 2.45) is 0 Å². The first-order chi connectivity index (χ1) is 12.2. The molecule has 0 N–H and O–H groups in total. The summed E-state index contributed by atoms with van der Waals surface area (Å²) in [5.74, 6) is -0.0814. The number of fused-ring (bicyclic) bond motifs is 1. The Labute approximate surface area is 151 Å². The molecular formula is C21H17ClN2O. The molecule has 0 fully saturated rings. The number of halogens is 1. The van der Waals surface area contributed by atoms with E-state index in [-0.39, 0.29) is 11.1 Å². The van der Waals surface area contributed by atoms with Gasteiger partial charge in [-0.3, -0.25) is 4.79 Å². The summed E-state index contributed by atoms with van der Waals surface area (Å²) in [4.78, 5) is 18.7. The fraction of sp³-hybridized carbons (Fsp3) is 0.143. The number of carbonyl (C=O) groups is 1. The maximum Gasteiger partial charge on any atom is 0.261 e. The van der Waals surface area contributed by atoms with E-state index in [0.717, 1.165) is 18.5 Å². The van der Waals surface area contributed by atoms with Gasteiger partial charge in [0.15, 0.2) is 0 Å². The van der Waals surface area contributed by atoms with Gasteiger partial charge in [0.05, 0.1) is 5.56 Å². The Balaban J connectivity index is 1.64. The van der Waals surface area contributed by atoms with Crippen molar-refractivity contribution in [3.05, 3.63) is 88.8 Å². The standard InChI is InChI=1S/C21H17ClN2O/c22-20-19(11-4-12-23-20)21(25)24-13-5-9-17(24)14-16-8-3-7-15-6-1-2-10-18(15)16/h1-4,6-12H,5,13-14H2. The number of carbonyl (C=O) groups excluding carboxylic acids is 1. The molecular weight excluding hydrogens is 332 g/mol. The predicted octanol–water partition coefficient (Wildman–Crippen LogP) is 4.86. The van der Waals surface area contributed by atoms with E-state index < -0.39 is 0 Å². The molecule has 4 rings (SSSR count). The normalized spacial score (nSPS) is 14.0. The lowest BCUT2D eigenvalue weighted by Crippen LogP contribution is -2.29. The maximum absolute atomic E-state index is 12.9. The molecule has 1 amide bonds. The van der Waals surface area contributed by atoms with Gasteiger partial charge in [-0.05, 0) is 34.9 Å². The Kier molecular flexibility index (Phi) is 4.24. The number of aromatic nitrogens is 1. The lowest BCUT2D eigenvalue weighted by atomic mass is 10.0. The highest BCUT2D eigenvalue weighted by atomic mass is 35.5. The highest BCUT2D eigenvalue weighted by Crippen LogP contribution is 2.27. The van der Waals surface area contributed by atoms with E-state index in [1.807, 2.05) is 17.0 Å². The van der Waals surface area contributed by atoms with E-state index in [9.17, 15) is 4.79 Å². The Morgan fingerprint density at radius 1 is 1.08 bits per heavy atom. The topological polar surface area (TPSA) is 33.2 Å². The summed E-state index contributed by atoms with van der Waals surface area (Å²) in [5.41, 5.74) is 2.71. The van der Waals surface area contributed by atoms with Crippen LogP contribution >= 0.6 is 11.6 Å². The van der Waals surface area contributed by atoms with Crippen LogP contribution < -0.4 is 0 Å². The van der Waals surface area contributed by atoms with Crippen molar-refractivity contribution in [2.45, 2.75) is 12.8 Å². The molecule has 0 bridgehead atoms. The Bertz CT molecular complexity index is 975. The molecule has 0 saturated carbocycles. The largest absolute Gasteiger partial charge is 0.312 e. The number of rotatable bonds is 3. The summed E-state index contributed by atoms with van der Waals surface area (Å²) in [5, 5.41) is 2.69. The second kappa shape index (κ2) is 6.69. The SMILES string of the molecule is O=C(c1cccnc1Cl)N1CCC=C1Cc1cccc2ccccc12. The molecule has 0 unspecified atom stereocenters. The Morgan fingerprint density at radius 2 is 1.92 bits per heavy atom. The van der Waals surface area contributed by atoms with E-state index in [0.29, 0.717) is 12.1 Å². The summed E-state index contributed by atoms with van der Waals surface area (Å²) in [6.45, 7) is 0.685. The molecule has 2 aromatic carbocycles. The van der Waals surface area contributed by atoms with Gasteiger partial charge in [0.2, 0.25) is 0 Å². The van der Waals surface area contributed by atoms with Crippen molar-refractivity contribution < 1.29 is 4.79 Å². The first-order valence-corrected chi connectivity index (χ1v) is 8.70. The fourth-order valence-corrected chi connectivity index (χ4v) is 3.55. The van der Waals surface area contributed by atoms with Crippen LogP contribution in [0.5, 0.6) is 0 Å². The molecule has 1 aliphatic rings. The van der Waals surface area contributed by atoms with E-state index >= 15 is 0 Å². The summed E-state index contributed by atoms with van der Waals surface area (Å²) in [7, 11) is 0. The van der Waals surface area contributed by atoms with Crippen LogP contribution in [0.3, 0.4) is 0 Å². The number of pyridine rings is 1. The molecule has 3 nitrogen and oxygen atoms in total. The third kappa shape index (κ3) is 3.03. The molecule has 0 atom stereocenters. The zero-order valence-electron chi connectivity index (χ0n) is 13.7. The summed E-state index contributed by atoms with van der Waals surface area (Å²) >= 11 is 6.11. The van der Waals surface area contributed by atoms with E-state index in [2.05, 4.69) is 41.4 Å². The van der Waals surface area contributed by atoms with Crippen molar-refractivity contribution in [3.8, 4) is 0 Å². The lowest BCUT2D eigenvalue weighted by Gasteiger charge is -2.21. The number of allylic oxidation sites excluding steroid dienone is 1. The van der Waals surface area contributed by atoms with E-state index in [1.165, 1.54) is 16.3 Å². The first-order valence-electron chi connectivity index (χ1n) is 8.32. The maximum atomic E-state index is 12.9. The highest BCUT2D eigenvalue weighted by molar-refractivity contribution is 6.32. The van der Waals surface area contributed by atoms with Crippen molar-refractivity contribution >= 4 is 28.3 Å². The molecule has 0 spiro atoms. The Morgan fingerprint density at radius 3 is 2.80 bits per heavy atom. The molecule has 0 saturated heterocycles. The predicted molar refractivity (Wildman–Crippen MR) is 101 cm³/mol. The monoisotopic (exact) mass is 348 g/mol. The van der Waals surface area contributed by atoms with Crippen LogP contribution in [0.1, 0.15) is 22.3 Å². The van der Waals surface area contributed by atoms with Gasteiger partial charge in [-0.2, -0.15) is 0 Å². The summed E-state index contributed by atoms with van der Waals surface area (Å²) in [6, 6.07) is 18.1. The van der Waals surface area contributed by atoms with Crippen LogP contribution in [-0.2, 0) is 6.42 Å². The molecule has 3 aromatic rings. The minimum atomic E-state index is -0.0814. The quantitative estimate of drug-likeness (QED) is 0.633. The average Bonchev–Trinajstić information content (AvgIpc) is 3.10.